The fraction of sp³-hybridized carbons (Fsp3) is 0.179. The minimum absolute atomic E-state index is 0.0341. The fourth-order valence-corrected chi connectivity index (χ4v) is 5.34. The lowest BCUT2D eigenvalue weighted by Gasteiger charge is -2.24. The molecule has 2 aromatic carbocycles. The number of rotatable bonds is 7. The summed E-state index contributed by atoms with van der Waals surface area (Å²) in [6.45, 7) is 3.78. The maximum Gasteiger partial charge on any atom is 0.338 e. The van der Waals surface area contributed by atoms with Crippen molar-refractivity contribution in [3.63, 3.8) is 0 Å². The standard InChI is InChI=1S/C28H22ClFN2O5S/c1-3-35-27(34)24-16(2)31-28-32(25(24)17-7-5-4-6-8-17)26(33)23(38-28)14-19-9-10-20(37-19)15-36-18-11-12-22(30)21(29)13-18/h4-14,25H,3,15H2,1-2H3. The van der Waals surface area contributed by atoms with Gasteiger partial charge in [-0.1, -0.05) is 53.3 Å². The van der Waals surface area contributed by atoms with E-state index in [-0.39, 0.29) is 23.8 Å². The number of nitrogens with zero attached hydrogens (tertiary/aromatic N) is 2. The Morgan fingerprint density at radius 1 is 1.21 bits per heavy atom. The first kappa shape index (κ1) is 25.7. The summed E-state index contributed by atoms with van der Waals surface area (Å²) in [5.74, 6) is 0.321. The van der Waals surface area contributed by atoms with E-state index in [1.54, 1.807) is 32.1 Å². The highest BCUT2D eigenvalue weighted by Gasteiger charge is 2.33. The van der Waals surface area contributed by atoms with Crippen LogP contribution in [0, 0.1) is 5.82 Å². The molecule has 10 heteroatoms. The predicted octanol–water partition coefficient (Wildman–Crippen LogP) is 4.76. The molecule has 7 nitrogen and oxygen atoms in total. The van der Waals surface area contributed by atoms with Gasteiger partial charge in [0.05, 0.1) is 33.5 Å². The largest absolute Gasteiger partial charge is 0.486 e. The van der Waals surface area contributed by atoms with Crippen molar-refractivity contribution in [2.24, 2.45) is 4.99 Å². The van der Waals surface area contributed by atoms with E-state index in [0.717, 1.165) is 5.56 Å². The first-order chi connectivity index (χ1) is 18.4. The first-order valence-corrected chi connectivity index (χ1v) is 13.0. The number of aromatic nitrogens is 1. The van der Waals surface area contributed by atoms with Gasteiger partial charge in [0.25, 0.3) is 5.56 Å². The van der Waals surface area contributed by atoms with Crippen molar-refractivity contribution >= 4 is 35.0 Å². The van der Waals surface area contributed by atoms with Gasteiger partial charge in [-0.3, -0.25) is 9.36 Å². The molecule has 3 heterocycles. The highest BCUT2D eigenvalue weighted by atomic mass is 35.5. The molecule has 0 bridgehead atoms. The smallest absolute Gasteiger partial charge is 0.338 e. The summed E-state index contributed by atoms with van der Waals surface area (Å²) in [6, 6.07) is 16.2. The van der Waals surface area contributed by atoms with Gasteiger partial charge in [0.2, 0.25) is 0 Å². The summed E-state index contributed by atoms with van der Waals surface area (Å²) in [4.78, 5) is 31.5. The van der Waals surface area contributed by atoms with Gasteiger partial charge in [0, 0.05) is 12.1 Å². The Labute approximate surface area is 225 Å². The Kier molecular flexibility index (Phi) is 7.31. The average molecular weight is 553 g/mol. The van der Waals surface area contributed by atoms with Crippen LogP contribution in [0.3, 0.4) is 0 Å². The van der Waals surface area contributed by atoms with Crippen LogP contribution >= 0.6 is 22.9 Å². The fourth-order valence-electron chi connectivity index (χ4n) is 4.14. The predicted molar refractivity (Wildman–Crippen MR) is 141 cm³/mol. The quantitative estimate of drug-likeness (QED) is 0.309. The number of esters is 1. The van der Waals surface area contributed by atoms with Gasteiger partial charge in [-0.25, -0.2) is 14.2 Å². The number of carbonyl (C=O) groups is 1. The van der Waals surface area contributed by atoms with Crippen LogP contribution in [0.4, 0.5) is 4.39 Å². The van der Waals surface area contributed by atoms with Crippen molar-refractivity contribution in [2.45, 2.75) is 26.5 Å². The van der Waals surface area contributed by atoms with E-state index in [1.807, 2.05) is 30.3 Å². The number of hydrogen-bond acceptors (Lipinski definition) is 7. The molecule has 1 aliphatic rings. The summed E-state index contributed by atoms with van der Waals surface area (Å²) >= 11 is 7.01. The molecule has 0 aliphatic carbocycles. The minimum atomic E-state index is -0.670. The van der Waals surface area contributed by atoms with E-state index in [0.29, 0.717) is 37.9 Å². The molecule has 194 valence electrons. The maximum atomic E-state index is 13.6. The molecule has 0 saturated carbocycles. The van der Waals surface area contributed by atoms with E-state index < -0.39 is 17.8 Å². The van der Waals surface area contributed by atoms with Crippen LogP contribution in [0.1, 0.15) is 37.0 Å². The van der Waals surface area contributed by atoms with Crippen LogP contribution in [0.2, 0.25) is 5.02 Å². The molecule has 4 aromatic rings. The normalized spacial score (nSPS) is 15.3. The second kappa shape index (κ2) is 10.8. The van der Waals surface area contributed by atoms with Gasteiger partial charge >= 0.3 is 5.97 Å². The number of carbonyl (C=O) groups excluding carboxylic acids is 1. The summed E-state index contributed by atoms with van der Waals surface area (Å²) in [5.41, 5.74) is 1.31. The zero-order valence-electron chi connectivity index (χ0n) is 20.4. The lowest BCUT2D eigenvalue weighted by Crippen LogP contribution is -2.39. The molecule has 0 spiro atoms. The van der Waals surface area contributed by atoms with Crippen molar-refractivity contribution in [3.8, 4) is 5.75 Å². The molecule has 1 unspecified atom stereocenters. The second-order valence-corrected chi connectivity index (χ2v) is 9.80. The summed E-state index contributed by atoms with van der Waals surface area (Å²) in [5, 5.41) is -0.0341. The van der Waals surface area contributed by atoms with Gasteiger partial charge in [0.15, 0.2) is 4.80 Å². The van der Waals surface area contributed by atoms with Gasteiger partial charge in [0.1, 0.15) is 29.7 Å². The molecule has 0 N–H and O–H groups in total. The number of allylic oxidation sites excluding steroid dienone is 1. The topological polar surface area (TPSA) is 83.0 Å². The third-order valence-electron chi connectivity index (χ3n) is 5.86. The van der Waals surface area contributed by atoms with E-state index in [9.17, 15) is 14.0 Å². The van der Waals surface area contributed by atoms with Crippen molar-refractivity contribution < 1.29 is 23.1 Å². The number of thiazole rings is 1. The van der Waals surface area contributed by atoms with Crippen molar-refractivity contribution in [2.75, 3.05) is 6.61 Å². The Morgan fingerprint density at radius 2 is 2.00 bits per heavy atom. The van der Waals surface area contributed by atoms with E-state index in [1.165, 1.54) is 34.1 Å². The van der Waals surface area contributed by atoms with Crippen LogP contribution in [0.25, 0.3) is 6.08 Å². The summed E-state index contributed by atoms with van der Waals surface area (Å²) < 4.78 is 32.0. The molecule has 0 fully saturated rings. The Bertz CT molecular complexity index is 1720. The molecule has 0 radical (unpaired) electrons. The number of halogens is 2. The van der Waals surface area contributed by atoms with Gasteiger partial charge in [-0.2, -0.15) is 0 Å². The summed E-state index contributed by atoms with van der Waals surface area (Å²) in [6.07, 6.45) is 1.63. The van der Waals surface area contributed by atoms with E-state index in [2.05, 4.69) is 4.99 Å². The van der Waals surface area contributed by atoms with Crippen LogP contribution < -0.4 is 19.6 Å². The van der Waals surface area contributed by atoms with Crippen LogP contribution in [-0.2, 0) is 16.1 Å². The molecular weight excluding hydrogens is 531 g/mol. The van der Waals surface area contributed by atoms with E-state index in [4.69, 9.17) is 25.5 Å². The van der Waals surface area contributed by atoms with Crippen molar-refractivity contribution in [1.82, 2.24) is 4.57 Å². The highest BCUT2D eigenvalue weighted by molar-refractivity contribution is 7.07. The summed E-state index contributed by atoms with van der Waals surface area (Å²) in [7, 11) is 0. The highest BCUT2D eigenvalue weighted by Crippen LogP contribution is 2.30. The number of fused-ring (bicyclic) bond motifs is 1. The van der Waals surface area contributed by atoms with Crippen LogP contribution in [-0.4, -0.2) is 17.1 Å². The lowest BCUT2D eigenvalue weighted by atomic mass is 9.96. The zero-order valence-corrected chi connectivity index (χ0v) is 22.0. The minimum Gasteiger partial charge on any atom is -0.486 e. The number of furan rings is 1. The van der Waals surface area contributed by atoms with Gasteiger partial charge < -0.3 is 13.9 Å². The Hall–Kier alpha value is -3.95. The van der Waals surface area contributed by atoms with Crippen molar-refractivity contribution in [3.05, 3.63) is 120 Å². The molecule has 0 amide bonds. The molecule has 2 aromatic heterocycles. The van der Waals surface area contributed by atoms with E-state index >= 15 is 0 Å². The van der Waals surface area contributed by atoms with Gasteiger partial charge in [-0.05, 0) is 43.7 Å². The second-order valence-electron chi connectivity index (χ2n) is 8.38. The molecule has 1 aliphatic heterocycles. The van der Waals surface area contributed by atoms with Gasteiger partial charge in [-0.15, -0.1) is 0 Å². The lowest BCUT2D eigenvalue weighted by molar-refractivity contribution is -0.139. The Balaban J connectivity index is 1.49. The number of ether oxygens (including phenoxy) is 2. The van der Waals surface area contributed by atoms with Crippen LogP contribution in [0.15, 0.2) is 86.1 Å². The zero-order chi connectivity index (χ0) is 26.8. The molecular formula is C28H22ClFN2O5S. The average Bonchev–Trinajstić information content (AvgIpc) is 3.48. The molecule has 1 atom stereocenters. The number of benzene rings is 2. The molecule has 0 saturated heterocycles. The third kappa shape index (κ3) is 5.07. The SMILES string of the molecule is CCOC(=O)C1=C(C)N=c2sc(=Cc3ccc(COc4ccc(F)c(Cl)c4)o3)c(=O)n2C1c1ccccc1. The Morgan fingerprint density at radius 3 is 2.74 bits per heavy atom. The monoisotopic (exact) mass is 552 g/mol. The maximum absolute atomic E-state index is 13.6. The molecule has 38 heavy (non-hydrogen) atoms. The van der Waals surface area contributed by atoms with Crippen LogP contribution in [0.5, 0.6) is 5.75 Å². The molecule has 5 rings (SSSR count). The third-order valence-corrected chi connectivity index (χ3v) is 7.13. The first-order valence-electron chi connectivity index (χ1n) is 11.8. The number of hydrogen-bond donors (Lipinski definition) is 0. The van der Waals surface area contributed by atoms with Crippen molar-refractivity contribution in [1.29, 1.82) is 0 Å².